The number of rotatable bonds is 3. The van der Waals surface area contributed by atoms with Crippen molar-refractivity contribution in [1.82, 2.24) is 5.32 Å². The van der Waals surface area contributed by atoms with E-state index in [4.69, 9.17) is 0 Å². The summed E-state index contributed by atoms with van der Waals surface area (Å²) in [4.78, 5) is 2.76. The van der Waals surface area contributed by atoms with Crippen LogP contribution in [0.15, 0.2) is 34.8 Å². The standard InChI is InChI=1S/C14H16BrNS/c1-9-7-13(10(2)17-9)14(16-3)11-5-4-6-12(15)8-11/h4-8,14,16H,1-3H3. The lowest BCUT2D eigenvalue weighted by atomic mass is 9.99. The highest BCUT2D eigenvalue weighted by Gasteiger charge is 2.16. The van der Waals surface area contributed by atoms with Crippen LogP contribution in [-0.2, 0) is 0 Å². The number of nitrogens with one attached hydrogen (secondary N) is 1. The van der Waals surface area contributed by atoms with E-state index >= 15 is 0 Å². The molecule has 1 aromatic heterocycles. The molecular formula is C14H16BrNS. The Bertz CT molecular complexity index is 519. The molecule has 1 unspecified atom stereocenters. The van der Waals surface area contributed by atoms with Gasteiger partial charge >= 0.3 is 0 Å². The van der Waals surface area contributed by atoms with E-state index in [1.54, 1.807) is 0 Å². The molecule has 1 aromatic carbocycles. The number of benzene rings is 1. The van der Waals surface area contributed by atoms with Crippen molar-refractivity contribution in [3.8, 4) is 0 Å². The maximum Gasteiger partial charge on any atom is 0.0585 e. The van der Waals surface area contributed by atoms with Crippen LogP contribution in [0.5, 0.6) is 0 Å². The van der Waals surface area contributed by atoms with Crippen molar-refractivity contribution in [1.29, 1.82) is 0 Å². The highest BCUT2D eigenvalue weighted by Crippen LogP contribution is 2.31. The molecule has 0 aliphatic rings. The summed E-state index contributed by atoms with van der Waals surface area (Å²) in [5.41, 5.74) is 2.68. The molecular weight excluding hydrogens is 294 g/mol. The van der Waals surface area contributed by atoms with Crippen LogP contribution in [0.1, 0.15) is 26.9 Å². The molecule has 0 saturated heterocycles. The fraction of sp³-hybridized carbons (Fsp3) is 0.286. The Balaban J connectivity index is 2.43. The molecule has 0 bridgehead atoms. The van der Waals surface area contributed by atoms with Crippen molar-refractivity contribution in [2.24, 2.45) is 0 Å². The molecule has 0 aliphatic heterocycles. The van der Waals surface area contributed by atoms with Gasteiger partial charge in [0.25, 0.3) is 0 Å². The number of hydrogen-bond acceptors (Lipinski definition) is 2. The summed E-state index contributed by atoms with van der Waals surface area (Å²) in [5.74, 6) is 0. The average molecular weight is 310 g/mol. The van der Waals surface area contributed by atoms with Crippen LogP contribution in [-0.4, -0.2) is 7.05 Å². The van der Waals surface area contributed by atoms with Crippen LogP contribution in [0.2, 0.25) is 0 Å². The monoisotopic (exact) mass is 309 g/mol. The first-order chi connectivity index (χ1) is 8.11. The van der Waals surface area contributed by atoms with Crippen LogP contribution in [0.3, 0.4) is 0 Å². The molecule has 1 nitrogen and oxygen atoms in total. The van der Waals surface area contributed by atoms with Crippen LogP contribution < -0.4 is 5.32 Å². The SMILES string of the molecule is CNC(c1cccc(Br)c1)c1cc(C)sc1C. The predicted octanol–water partition coefficient (Wildman–Crippen LogP) is 4.44. The van der Waals surface area contributed by atoms with Gasteiger partial charge in [-0.1, -0.05) is 28.1 Å². The highest BCUT2D eigenvalue weighted by atomic mass is 79.9. The van der Waals surface area contributed by atoms with E-state index < -0.39 is 0 Å². The van der Waals surface area contributed by atoms with Gasteiger partial charge in [-0.25, -0.2) is 0 Å². The van der Waals surface area contributed by atoms with Crippen molar-refractivity contribution in [2.75, 3.05) is 7.05 Å². The number of halogens is 1. The highest BCUT2D eigenvalue weighted by molar-refractivity contribution is 9.10. The van der Waals surface area contributed by atoms with Gasteiger partial charge in [0.15, 0.2) is 0 Å². The minimum absolute atomic E-state index is 0.275. The van der Waals surface area contributed by atoms with E-state index in [2.05, 4.69) is 65.4 Å². The van der Waals surface area contributed by atoms with Gasteiger partial charge < -0.3 is 5.32 Å². The Hall–Kier alpha value is -0.640. The Morgan fingerprint density at radius 1 is 1.24 bits per heavy atom. The largest absolute Gasteiger partial charge is 0.309 e. The second-order valence-corrected chi connectivity index (χ2v) is 6.52. The lowest BCUT2D eigenvalue weighted by Crippen LogP contribution is -2.17. The van der Waals surface area contributed by atoms with E-state index in [1.807, 2.05) is 18.4 Å². The van der Waals surface area contributed by atoms with Gasteiger partial charge in [-0.15, -0.1) is 11.3 Å². The summed E-state index contributed by atoms with van der Waals surface area (Å²) in [6, 6.07) is 11.0. The van der Waals surface area contributed by atoms with Gasteiger partial charge in [0.05, 0.1) is 6.04 Å². The molecule has 3 heteroatoms. The number of thiophene rings is 1. The molecule has 2 aromatic rings. The molecule has 90 valence electrons. The molecule has 1 atom stereocenters. The summed E-state index contributed by atoms with van der Waals surface area (Å²) in [6.45, 7) is 4.35. The first-order valence-corrected chi connectivity index (χ1v) is 7.22. The van der Waals surface area contributed by atoms with Gasteiger partial charge in [-0.2, -0.15) is 0 Å². The zero-order valence-electron chi connectivity index (χ0n) is 10.3. The zero-order valence-corrected chi connectivity index (χ0v) is 12.7. The molecule has 1 N–H and O–H groups in total. The van der Waals surface area contributed by atoms with Gasteiger partial charge in [-0.3, -0.25) is 0 Å². The van der Waals surface area contributed by atoms with Gasteiger partial charge in [0.2, 0.25) is 0 Å². The van der Waals surface area contributed by atoms with E-state index in [0.717, 1.165) is 4.47 Å². The van der Waals surface area contributed by atoms with Crippen molar-refractivity contribution >= 4 is 27.3 Å². The minimum Gasteiger partial charge on any atom is -0.309 e. The Morgan fingerprint density at radius 3 is 2.53 bits per heavy atom. The second kappa shape index (κ2) is 5.34. The van der Waals surface area contributed by atoms with Crippen molar-refractivity contribution in [3.63, 3.8) is 0 Å². The maximum atomic E-state index is 3.53. The van der Waals surface area contributed by atoms with Gasteiger partial charge in [-0.05, 0) is 50.2 Å². The maximum absolute atomic E-state index is 3.53. The third kappa shape index (κ3) is 2.79. The van der Waals surface area contributed by atoms with Crippen LogP contribution in [0, 0.1) is 13.8 Å². The molecule has 0 amide bonds. The number of aryl methyl sites for hydroxylation is 2. The normalized spacial score (nSPS) is 12.7. The molecule has 17 heavy (non-hydrogen) atoms. The first kappa shape index (κ1) is 12.8. The molecule has 0 aliphatic carbocycles. The Labute approximate surface area is 115 Å². The summed E-state index contributed by atoms with van der Waals surface area (Å²) >= 11 is 5.39. The van der Waals surface area contributed by atoms with Crippen LogP contribution in [0.25, 0.3) is 0 Å². The Morgan fingerprint density at radius 2 is 2.00 bits per heavy atom. The van der Waals surface area contributed by atoms with Gasteiger partial charge in [0, 0.05) is 14.2 Å². The lowest BCUT2D eigenvalue weighted by Gasteiger charge is -2.17. The van der Waals surface area contributed by atoms with Crippen molar-refractivity contribution in [3.05, 3.63) is 55.7 Å². The summed E-state index contributed by atoms with van der Waals surface area (Å²) in [6.07, 6.45) is 0. The quantitative estimate of drug-likeness (QED) is 0.884. The van der Waals surface area contributed by atoms with E-state index in [-0.39, 0.29) is 6.04 Å². The van der Waals surface area contributed by atoms with Crippen molar-refractivity contribution < 1.29 is 0 Å². The first-order valence-electron chi connectivity index (χ1n) is 5.61. The summed E-state index contributed by atoms with van der Waals surface area (Å²) in [7, 11) is 2.01. The fourth-order valence-electron chi connectivity index (χ4n) is 2.12. The van der Waals surface area contributed by atoms with Crippen LogP contribution >= 0.6 is 27.3 Å². The molecule has 0 fully saturated rings. The average Bonchev–Trinajstić information content (AvgIpc) is 2.59. The fourth-order valence-corrected chi connectivity index (χ4v) is 3.51. The van der Waals surface area contributed by atoms with E-state index in [1.165, 1.54) is 20.9 Å². The third-order valence-electron chi connectivity index (χ3n) is 2.86. The summed E-state index contributed by atoms with van der Waals surface area (Å²) < 4.78 is 1.12. The minimum atomic E-state index is 0.275. The predicted molar refractivity (Wildman–Crippen MR) is 78.8 cm³/mol. The molecule has 0 saturated carbocycles. The lowest BCUT2D eigenvalue weighted by molar-refractivity contribution is 0.690. The molecule has 2 rings (SSSR count). The summed E-state index contributed by atoms with van der Waals surface area (Å²) in [5, 5.41) is 3.40. The number of hydrogen-bond donors (Lipinski definition) is 1. The van der Waals surface area contributed by atoms with E-state index in [0.29, 0.717) is 0 Å². The third-order valence-corrected chi connectivity index (χ3v) is 4.34. The molecule has 1 heterocycles. The topological polar surface area (TPSA) is 12.0 Å². The van der Waals surface area contributed by atoms with Crippen molar-refractivity contribution in [2.45, 2.75) is 19.9 Å². The van der Waals surface area contributed by atoms with Gasteiger partial charge in [0.1, 0.15) is 0 Å². The Kier molecular flexibility index (Phi) is 4.02. The van der Waals surface area contributed by atoms with E-state index in [9.17, 15) is 0 Å². The zero-order chi connectivity index (χ0) is 12.4. The molecule has 0 radical (unpaired) electrons. The second-order valence-electron chi connectivity index (χ2n) is 4.15. The molecule has 0 spiro atoms. The smallest absolute Gasteiger partial charge is 0.0585 e. The van der Waals surface area contributed by atoms with Crippen LogP contribution in [0.4, 0.5) is 0 Å².